The van der Waals surface area contributed by atoms with Gasteiger partial charge in [0.25, 0.3) is 5.91 Å². The largest absolute Gasteiger partial charge is 0.384 e. The van der Waals surface area contributed by atoms with Crippen LogP contribution in [0.4, 0.5) is 14.6 Å². The van der Waals surface area contributed by atoms with Crippen LogP contribution in [0.1, 0.15) is 21.5 Å². The Morgan fingerprint density at radius 3 is 2.42 bits per heavy atom. The van der Waals surface area contributed by atoms with Crippen LogP contribution in [-0.4, -0.2) is 22.4 Å². The minimum atomic E-state index is -1.67. The molecular formula is C27H22F2N6O. The molecule has 1 atom stereocenters. The van der Waals surface area contributed by atoms with Crippen LogP contribution in [0.2, 0.25) is 0 Å². The Kier molecular flexibility index (Phi) is 7.28. The van der Waals surface area contributed by atoms with Gasteiger partial charge in [0.05, 0.1) is 11.6 Å². The van der Waals surface area contributed by atoms with Gasteiger partial charge in [0, 0.05) is 37.2 Å². The molecule has 36 heavy (non-hydrogen) atoms. The van der Waals surface area contributed by atoms with E-state index in [2.05, 4.69) is 26.7 Å². The second kappa shape index (κ2) is 10.7. The average Bonchev–Trinajstić information content (AvgIpc) is 2.91. The summed E-state index contributed by atoms with van der Waals surface area (Å²) in [4.78, 5) is 20.9. The summed E-state index contributed by atoms with van der Waals surface area (Å²) in [6.07, 6.45) is 4.56. The van der Waals surface area contributed by atoms with E-state index in [0.29, 0.717) is 12.4 Å². The Balaban J connectivity index is 1.53. The van der Waals surface area contributed by atoms with E-state index in [4.69, 9.17) is 5.73 Å². The number of hydrogen-bond donors (Lipinski definition) is 3. The Bertz CT molecular complexity index is 1390. The first kappa shape index (κ1) is 24.4. The van der Waals surface area contributed by atoms with Crippen molar-refractivity contribution in [3.63, 3.8) is 0 Å². The lowest BCUT2D eigenvalue weighted by molar-refractivity contribution is 0.0916. The van der Waals surface area contributed by atoms with Crippen molar-refractivity contribution in [1.82, 2.24) is 20.6 Å². The molecule has 0 saturated heterocycles. The predicted octanol–water partition coefficient (Wildman–Crippen LogP) is 3.94. The number of nitrogens with zero attached hydrogens (tertiary/aromatic N) is 3. The zero-order chi connectivity index (χ0) is 25.5. The Hall–Kier alpha value is -4.68. The van der Waals surface area contributed by atoms with E-state index in [-0.39, 0.29) is 17.7 Å². The van der Waals surface area contributed by atoms with Crippen LogP contribution < -0.4 is 16.4 Å². The Morgan fingerprint density at radius 1 is 1.00 bits per heavy atom. The normalized spacial score (nSPS) is 12.4. The number of pyridine rings is 2. The summed E-state index contributed by atoms with van der Waals surface area (Å²) in [5.74, 6) is -2.29. The zero-order valence-electron chi connectivity index (χ0n) is 19.1. The van der Waals surface area contributed by atoms with E-state index in [9.17, 15) is 18.8 Å². The topological polar surface area (TPSA) is 117 Å². The molecule has 4 aromatic rings. The summed E-state index contributed by atoms with van der Waals surface area (Å²) in [5, 5.41) is 15.9. The van der Waals surface area contributed by atoms with Crippen molar-refractivity contribution < 1.29 is 13.6 Å². The smallest absolute Gasteiger partial charge is 0.254 e. The predicted molar refractivity (Wildman–Crippen MR) is 131 cm³/mol. The van der Waals surface area contributed by atoms with Crippen LogP contribution >= 0.6 is 0 Å². The maximum atomic E-state index is 14.1. The number of anilines is 1. The number of benzene rings is 2. The molecule has 180 valence electrons. The van der Waals surface area contributed by atoms with E-state index in [0.717, 1.165) is 28.8 Å². The average molecular weight is 485 g/mol. The van der Waals surface area contributed by atoms with Crippen molar-refractivity contribution in [3.05, 3.63) is 114 Å². The van der Waals surface area contributed by atoms with E-state index >= 15 is 0 Å². The van der Waals surface area contributed by atoms with Gasteiger partial charge in [0.1, 0.15) is 5.82 Å². The third-order valence-electron chi connectivity index (χ3n) is 5.65. The van der Waals surface area contributed by atoms with Gasteiger partial charge < -0.3 is 16.4 Å². The molecular weight excluding hydrogens is 462 g/mol. The van der Waals surface area contributed by atoms with Gasteiger partial charge in [-0.25, -0.2) is 13.8 Å². The maximum absolute atomic E-state index is 14.1. The lowest BCUT2D eigenvalue weighted by Crippen LogP contribution is -2.51. The number of carbonyl (C=O) groups is 1. The second-order valence-electron chi connectivity index (χ2n) is 8.11. The molecule has 0 fully saturated rings. The molecule has 0 aliphatic heterocycles. The fourth-order valence-corrected chi connectivity index (χ4v) is 3.66. The van der Waals surface area contributed by atoms with Crippen LogP contribution in [0, 0.1) is 23.0 Å². The number of nitrogens with one attached hydrogen (secondary N) is 2. The Morgan fingerprint density at radius 2 is 1.78 bits per heavy atom. The highest BCUT2D eigenvalue weighted by atomic mass is 19.2. The SMILES string of the molecule is N#C[C@](CNCc1ccc(-c2ccc(N)nc2)cc1)(NC(=O)c1cccnc1)c1ccc(F)c(F)c1. The molecule has 4 rings (SSSR count). The van der Waals surface area contributed by atoms with Crippen LogP contribution in [0.5, 0.6) is 0 Å². The highest BCUT2D eigenvalue weighted by Gasteiger charge is 2.35. The number of rotatable bonds is 8. The maximum Gasteiger partial charge on any atom is 0.254 e. The van der Waals surface area contributed by atoms with Gasteiger partial charge >= 0.3 is 0 Å². The highest BCUT2D eigenvalue weighted by molar-refractivity contribution is 5.94. The zero-order valence-corrected chi connectivity index (χ0v) is 19.1. The van der Waals surface area contributed by atoms with Crippen molar-refractivity contribution >= 4 is 11.7 Å². The summed E-state index contributed by atoms with van der Waals surface area (Å²) >= 11 is 0. The van der Waals surface area contributed by atoms with Crippen molar-refractivity contribution in [2.75, 3.05) is 12.3 Å². The number of nitrogens with two attached hydrogens (primary N) is 1. The molecule has 7 nitrogen and oxygen atoms in total. The van der Waals surface area contributed by atoms with Crippen LogP contribution in [0.25, 0.3) is 11.1 Å². The van der Waals surface area contributed by atoms with E-state index in [1.54, 1.807) is 24.4 Å². The highest BCUT2D eigenvalue weighted by Crippen LogP contribution is 2.24. The van der Waals surface area contributed by atoms with Crippen molar-refractivity contribution in [2.45, 2.75) is 12.1 Å². The second-order valence-corrected chi connectivity index (χ2v) is 8.11. The number of nitriles is 1. The van der Waals surface area contributed by atoms with Crippen LogP contribution in [-0.2, 0) is 12.1 Å². The minimum Gasteiger partial charge on any atom is -0.384 e. The summed E-state index contributed by atoms with van der Waals surface area (Å²) < 4.78 is 27.6. The first-order valence-corrected chi connectivity index (χ1v) is 11.0. The molecule has 4 N–H and O–H groups in total. The number of hydrogen-bond acceptors (Lipinski definition) is 6. The molecule has 0 unspecified atom stereocenters. The van der Waals surface area contributed by atoms with Gasteiger partial charge in [-0.1, -0.05) is 30.3 Å². The van der Waals surface area contributed by atoms with Crippen LogP contribution in [0.3, 0.4) is 0 Å². The van der Waals surface area contributed by atoms with Gasteiger partial charge in [-0.15, -0.1) is 0 Å². The fourth-order valence-electron chi connectivity index (χ4n) is 3.66. The van der Waals surface area contributed by atoms with Crippen LogP contribution in [0.15, 0.2) is 85.3 Å². The van der Waals surface area contributed by atoms with Gasteiger partial charge in [-0.05, 0) is 53.1 Å². The molecule has 2 heterocycles. The van der Waals surface area contributed by atoms with Gasteiger partial charge in [0.15, 0.2) is 17.2 Å². The standard InChI is InChI=1S/C27H22F2N6O/c28-23-9-8-22(12-24(23)29)27(16-30,35-26(36)21-2-1-11-32-14-21)17-33-13-18-3-5-19(6-4-18)20-7-10-25(31)34-15-20/h1-12,14-15,33H,13,17H2,(H2,31,34)(H,35,36)/t27-/m1/s1. The van der Waals surface area contributed by atoms with Crippen molar-refractivity contribution in [2.24, 2.45) is 0 Å². The monoisotopic (exact) mass is 484 g/mol. The molecule has 1 amide bonds. The molecule has 0 bridgehead atoms. The van der Waals surface area contributed by atoms with Gasteiger partial charge in [-0.3, -0.25) is 9.78 Å². The lowest BCUT2D eigenvalue weighted by Gasteiger charge is -2.29. The number of nitrogen functional groups attached to an aromatic ring is 1. The lowest BCUT2D eigenvalue weighted by atomic mass is 9.90. The molecule has 0 aliphatic carbocycles. The van der Waals surface area contributed by atoms with Crippen molar-refractivity contribution in [3.8, 4) is 17.2 Å². The molecule has 2 aromatic heterocycles. The number of halogens is 2. The van der Waals surface area contributed by atoms with E-state index in [1.807, 2.05) is 30.3 Å². The number of carbonyl (C=O) groups excluding carboxylic acids is 1. The third kappa shape index (κ3) is 5.51. The number of aromatic nitrogens is 2. The van der Waals surface area contributed by atoms with E-state index in [1.165, 1.54) is 18.5 Å². The summed E-state index contributed by atoms with van der Waals surface area (Å²) in [7, 11) is 0. The summed E-state index contributed by atoms with van der Waals surface area (Å²) in [6, 6.07) is 19.6. The minimum absolute atomic E-state index is 0.0653. The summed E-state index contributed by atoms with van der Waals surface area (Å²) in [5.41, 5.74) is 7.11. The third-order valence-corrected chi connectivity index (χ3v) is 5.65. The molecule has 9 heteroatoms. The first-order valence-electron chi connectivity index (χ1n) is 11.0. The van der Waals surface area contributed by atoms with Gasteiger partial charge in [0.2, 0.25) is 0 Å². The summed E-state index contributed by atoms with van der Waals surface area (Å²) in [6.45, 7) is 0.292. The quantitative estimate of drug-likeness (QED) is 0.349. The van der Waals surface area contributed by atoms with Crippen molar-refractivity contribution in [1.29, 1.82) is 5.26 Å². The van der Waals surface area contributed by atoms with E-state index < -0.39 is 23.1 Å². The molecule has 0 aliphatic rings. The molecule has 0 radical (unpaired) electrons. The number of amides is 1. The molecule has 0 spiro atoms. The Labute approximate surface area is 206 Å². The molecule has 0 saturated carbocycles. The molecule has 2 aromatic carbocycles. The fraction of sp³-hybridized carbons (Fsp3) is 0.111. The first-order chi connectivity index (χ1) is 17.4. The van der Waals surface area contributed by atoms with Gasteiger partial charge in [-0.2, -0.15) is 5.26 Å².